The Kier molecular flexibility index (Phi) is 3.61. The Bertz CT molecular complexity index is 448. The summed E-state index contributed by atoms with van der Waals surface area (Å²) in [6.45, 7) is 8.67. The highest BCUT2D eigenvalue weighted by molar-refractivity contribution is 5.36. The average molecular weight is 261 g/mol. The summed E-state index contributed by atoms with van der Waals surface area (Å²) in [5, 5.41) is 3.56. The average Bonchev–Trinajstić information content (AvgIpc) is 2.38. The number of nitrogens with one attached hydrogen (secondary N) is 1. The number of hydrogen-bond acceptors (Lipinski definition) is 3. The molecular formula is C16H23NO2. The van der Waals surface area contributed by atoms with Gasteiger partial charge in [0.05, 0.1) is 26.4 Å². The standard InChI is InChI=1S/C16H23NO2/c1-12-3-4-14(7-13(12)2)16(10-19-11-16)8-15-9-18-6-5-17-15/h3-4,7,15,17H,5-6,8-11H2,1-2H3. The lowest BCUT2D eigenvalue weighted by Crippen LogP contribution is -2.53. The molecule has 104 valence electrons. The second-order valence-electron chi connectivity index (χ2n) is 6.00. The number of benzene rings is 1. The molecule has 0 spiro atoms. The first-order valence-electron chi connectivity index (χ1n) is 7.16. The maximum atomic E-state index is 5.57. The van der Waals surface area contributed by atoms with Gasteiger partial charge in [0.2, 0.25) is 0 Å². The van der Waals surface area contributed by atoms with Crippen molar-refractivity contribution >= 4 is 0 Å². The van der Waals surface area contributed by atoms with Gasteiger partial charge in [-0.2, -0.15) is 0 Å². The Morgan fingerprint density at radius 3 is 2.63 bits per heavy atom. The van der Waals surface area contributed by atoms with E-state index in [0.717, 1.165) is 39.4 Å². The van der Waals surface area contributed by atoms with Gasteiger partial charge in [0.1, 0.15) is 0 Å². The van der Waals surface area contributed by atoms with Crippen molar-refractivity contribution in [1.29, 1.82) is 0 Å². The third kappa shape index (κ3) is 2.55. The molecule has 2 aliphatic rings. The molecule has 2 saturated heterocycles. The molecule has 3 heteroatoms. The van der Waals surface area contributed by atoms with Crippen LogP contribution in [0.1, 0.15) is 23.1 Å². The van der Waals surface area contributed by atoms with Crippen LogP contribution in [0.25, 0.3) is 0 Å². The molecule has 2 aliphatic heterocycles. The molecule has 2 fully saturated rings. The molecule has 1 atom stereocenters. The third-order valence-electron chi connectivity index (χ3n) is 4.51. The Labute approximate surface area is 115 Å². The highest BCUT2D eigenvalue weighted by Gasteiger charge is 2.42. The SMILES string of the molecule is Cc1ccc(C2(CC3COCCN3)COC2)cc1C. The topological polar surface area (TPSA) is 30.5 Å². The fourth-order valence-corrected chi connectivity index (χ4v) is 3.04. The van der Waals surface area contributed by atoms with Gasteiger partial charge in [-0.05, 0) is 37.0 Å². The number of hydrogen-bond donors (Lipinski definition) is 1. The summed E-state index contributed by atoms with van der Waals surface area (Å²) in [4.78, 5) is 0. The number of morpholine rings is 1. The molecule has 3 rings (SSSR count). The number of aryl methyl sites for hydroxylation is 2. The minimum Gasteiger partial charge on any atom is -0.379 e. The summed E-state index contributed by atoms with van der Waals surface area (Å²) in [6, 6.07) is 7.30. The van der Waals surface area contributed by atoms with E-state index in [-0.39, 0.29) is 5.41 Å². The predicted molar refractivity (Wildman–Crippen MR) is 75.6 cm³/mol. The van der Waals surface area contributed by atoms with E-state index in [2.05, 4.69) is 37.4 Å². The van der Waals surface area contributed by atoms with Crippen molar-refractivity contribution in [3.63, 3.8) is 0 Å². The van der Waals surface area contributed by atoms with Crippen LogP contribution in [0.5, 0.6) is 0 Å². The van der Waals surface area contributed by atoms with Crippen LogP contribution in [0, 0.1) is 13.8 Å². The first-order chi connectivity index (χ1) is 9.20. The monoisotopic (exact) mass is 261 g/mol. The lowest BCUT2D eigenvalue weighted by atomic mass is 9.73. The molecule has 19 heavy (non-hydrogen) atoms. The number of ether oxygens (including phenoxy) is 2. The molecule has 1 N–H and O–H groups in total. The largest absolute Gasteiger partial charge is 0.379 e. The first kappa shape index (κ1) is 13.1. The van der Waals surface area contributed by atoms with Crippen LogP contribution in [-0.2, 0) is 14.9 Å². The fraction of sp³-hybridized carbons (Fsp3) is 0.625. The lowest BCUT2D eigenvalue weighted by Gasteiger charge is -2.45. The Morgan fingerprint density at radius 2 is 2.05 bits per heavy atom. The number of rotatable bonds is 3. The highest BCUT2D eigenvalue weighted by atomic mass is 16.5. The second-order valence-corrected chi connectivity index (χ2v) is 6.00. The van der Waals surface area contributed by atoms with Crippen molar-refractivity contribution in [2.45, 2.75) is 31.7 Å². The highest BCUT2D eigenvalue weighted by Crippen LogP contribution is 2.37. The summed E-state index contributed by atoms with van der Waals surface area (Å²) >= 11 is 0. The molecule has 3 nitrogen and oxygen atoms in total. The van der Waals surface area contributed by atoms with Crippen LogP contribution in [0.4, 0.5) is 0 Å². The van der Waals surface area contributed by atoms with Crippen molar-refractivity contribution in [1.82, 2.24) is 5.32 Å². The normalized spacial score (nSPS) is 25.9. The van der Waals surface area contributed by atoms with Gasteiger partial charge in [0.15, 0.2) is 0 Å². The van der Waals surface area contributed by atoms with Gasteiger partial charge in [0.25, 0.3) is 0 Å². The molecule has 1 aromatic rings. The van der Waals surface area contributed by atoms with Crippen LogP contribution in [0.3, 0.4) is 0 Å². The molecule has 0 amide bonds. The molecule has 0 aliphatic carbocycles. The van der Waals surface area contributed by atoms with E-state index < -0.39 is 0 Å². The van der Waals surface area contributed by atoms with E-state index in [9.17, 15) is 0 Å². The summed E-state index contributed by atoms with van der Waals surface area (Å²) in [5.74, 6) is 0. The van der Waals surface area contributed by atoms with Gasteiger partial charge in [-0.1, -0.05) is 18.2 Å². The molecule has 1 aromatic carbocycles. The van der Waals surface area contributed by atoms with Gasteiger partial charge >= 0.3 is 0 Å². The molecule has 2 heterocycles. The van der Waals surface area contributed by atoms with Crippen LogP contribution in [0.15, 0.2) is 18.2 Å². The summed E-state index contributed by atoms with van der Waals surface area (Å²) < 4.78 is 11.1. The molecule has 1 unspecified atom stereocenters. The predicted octanol–water partition coefficient (Wildman–Crippen LogP) is 1.95. The summed E-state index contributed by atoms with van der Waals surface area (Å²) in [6.07, 6.45) is 1.11. The molecule has 0 saturated carbocycles. The molecule has 0 radical (unpaired) electrons. The summed E-state index contributed by atoms with van der Waals surface area (Å²) in [7, 11) is 0. The van der Waals surface area contributed by atoms with Crippen molar-refractivity contribution in [3.05, 3.63) is 34.9 Å². The zero-order valence-electron chi connectivity index (χ0n) is 11.9. The Balaban J connectivity index is 1.79. The van der Waals surface area contributed by atoms with Crippen LogP contribution in [-0.4, -0.2) is 39.0 Å². The van der Waals surface area contributed by atoms with Gasteiger partial charge < -0.3 is 14.8 Å². The van der Waals surface area contributed by atoms with E-state index in [4.69, 9.17) is 9.47 Å². The van der Waals surface area contributed by atoms with E-state index in [1.54, 1.807) is 0 Å². The van der Waals surface area contributed by atoms with Gasteiger partial charge in [0, 0.05) is 18.0 Å². The lowest BCUT2D eigenvalue weighted by molar-refractivity contribution is -0.0753. The molecular weight excluding hydrogens is 238 g/mol. The van der Waals surface area contributed by atoms with E-state index >= 15 is 0 Å². The van der Waals surface area contributed by atoms with Gasteiger partial charge in [-0.25, -0.2) is 0 Å². The molecule has 0 bridgehead atoms. The summed E-state index contributed by atoms with van der Waals surface area (Å²) in [5.41, 5.74) is 4.35. The van der Waals surface area contributed by atoms with Crippen molar-refractivity contribution < 1.29 is 9.47 Å². The zero-order chi connectivity index (χ0) is 13.3. The fourth-order valence-electron chi connectivity index (χ4n) is 3.04. The quantitative estimate of drug-likeness (QED) is 0.902. The Morgan fingerprint density at radius 1 is 1.21 bits per heavy atom. The maximum Gasteiger partial charge on any atom is 0.0620 e. The van der Waals surface area contributed by atoms with Crippen molar-refractivity contribution in [3.8, 4) is 0 Å². The van der Waals surface area contributed by atoms with E-state index in [1.165, 1.54) is 16.7 Å². The van der Waals surface area contributed by atoms with Crippen LogP contribution in [0.2, 0.25) is 0 Å². The third-order valence-corrected chi connectivity index (χ3v) is 4.51. The zero-order valence-corrected chi connectivity index (χ0v) is 11.9. The smallest absolute Gasteiger partial charge is 0.0620 e. The molecule has 0 aromatic heterocycles. The van der Waals surface area contributed by atoms with Crippen LogP contribution >= 0.6 is 0 Å². The van der Waals surface area contributed by atoms with Gasteiger partial charge in [-0.3, -0.25) is 0 Å². The van der Waals surface area contributed by atoms with E-state index in [0.29, 0.717) is 6.04 Å². The van der Waals surface area contributed by atoms with Crippen molar-refractivity contribution in [2.24, 2.45) is 0 Å². The Hall–Kier alpha value is -0.900. The second kappa shape index (κ2) is 5.23. The minimum absolute atomic E-state index is 0.191. The first-order valence-corrected chi connectivity index (χ1v) is 7.16. The van der Waals surface area contributed by atoms with E-state index in [1.807, 2.05) is 0 Å². The minimum atomic E-state index is 0.191. The van der Waals surface area contributed by atoms with Gasteiger partial charge in [-0.15, -0.1) is 0 Å². The maximum absolute atomic E-state index is 5.57. The van der Waals surface area contributed by atoms with Crippen molar-refractivity contribution in [2.75, 3.05) is 33.0 Å². The van der Waals surface area contributed by atoms with Crippen LogP contribution < -0.4 is 5.32 Å².